The number of nitrogens with one attached hydrogen (secondary N) is 1. The van der Waals surface area contributed by atoms with Crippen molar-refractivity contribution in [2.45, 2.75) is 18.1 Å². The van der Waals surface area contributed by atoms with Crippen LogP contribution in [0.2, 0.25) is 0 Å². The number of aryl methyl sites for hydroxylation is 3. The van der Waals surface area contributed by atoms with E-state index in [4.69, 9.17) is 5.73 Å². The molecule has 0 aromatic carbocycles. The molecule has 0 fully saturated rings. The van der Waals surface area contributed by atoms with Gasteiger partial charge in [0.25, 0.3) is 10.0 Å². The van der Waals surface area contributed by atoms with Crippen LogP contribution in [-0.4, -0.2) is 23.2 Å². The Morgan fingerprint density at radius 3 is 2.56 bits per heavy atom. The molecule has 0 unspecified atom stereocenters. The summed E-state index contributed by atoms with van der Waals surface area (Å²) >= 11 is 0.940. The first-order valence-corrected chi connectivity index (χ1v) is 7.36. The molecule has 0 saturated heterocycles. The molecule has 0 atom stereocenters. The second-order valence-electron chi connectivity index (χ2n) is 3.83. The maximum atomic E-state index is 12.2. The molecule has 2 heterocycles. The van der Waals surface area contributed by atoms with Crippen molar-refractivity contribution in [3.05, 3.63) is 17.5 Å². The Kier molecular flexibility index (Phi) is 3.03. The Labute approximate surface area is 109 Å². The van der Waals surface area contributed by atoms with Crippen LogP contribution in [0.25, 0.3) is 0 Å². The van der Waals surface area contributed by atoms with Crippen molar-refractivity contribution in [1.82, 2.24) is 14.8 Å². The SMILES string of the molecule is Cc1cc(NS(=O)(=O)c2sc(N)nc2C)n(C)n1. The van der Waals surface area contributed by atoms with Crippen molar-refractivity contribution in [2.75, 3.05) is 10.5 Å². The number of sulfonamides is 1. The number of hydrogen-bond acceptors (Lipinski definition) is 6. The van der Waals surface area contributed by atoms with Gasteiger partial charge in [-0.2, -0.15) is 5.10 Å². The van der Waals surface area contributed by atoms with Crippen LogP contribution in [0.1, 0.15) is 11.4 Å². The maximum Gasteiger partial charge on any atom is 0.274 e. The molecule has 0 aliphatic carbocycles. The molecule has 18 heavy (non-hydrogen) atoms. The number of thiazole rings is 1. The number of anilines is 2. The number of nitrogen functional groups attached to an aromatic ring is 1. The first kappa shape index (κ1) is 12.8. The van der Waals surface area contributed by atoms with Gasteiger partial charge in [0.1, 0.15) is 5.82 Å². The summed E-state index contributed by atoms with van der Waals surface area (Å²) in [6.45, 7) is 3.39. The lowest BCUT2D eigenvalue weighted by Gasteiger charge is -2.06. The van der Waals surface area contributed by atoms with E-state index in [9.17, 15) is 8.42 Å². The summed E-state index contributed by atoms with van der Waals surface area (Å²) in [6.07, 6.45) is 0. The Morgan fingerprint density at radius 2 is 2.11 bits per heavy atom. The molecule has 2 aromatic heterocycles. The largest absolute Gasteiger partial charge is 0.375 e. The minimum Gasteiger partial charge on any atom is -0.375 e. The highest BCUT2D eigenvalue weighted by atomic mass is 32.2. The van der Waals surface area contributed by atoms with Crippen LogP contribution >= 0.6 is 11.3 Å². The molecule has 2 aromatic rings. The fourth-order valence-corrected chi connectivity index (χ4v) is 3.92. The quantitative estimate of drug-likeness (QED) is 0.872. The topological polar surface area (TPSA) is 103 Å². The summed E-state index contributed by atoms with van der Waals surface area (Å²) < 4.78 is 28.4. The third-order valence-corrected chi connectivity index (χ3v) is 5.21. The van der Waals surface area contributed by atoms with Gasteiger partial charge in [-0.15, -0.1) is 0 Å². The highest BCUT2D eigenvalue weighted by molar-refractivity contribution is 7.94. The van der Waals surface area contributed by atoms with Gasteiger partial charge in [-0.25, -0.2) is 13.4 Å². The van der Waals surface area contributed by atoms with Crippen LogP contribution in [0.5, 0.6) is 0 Å². The molecule has 3 N–H and O–H groups in total. The van der Waals surface area contributed by atoms with Gasteiger partial charge in [0.2, 0.25) is 0 Å². The van der Waals surface area contributed by atoms with Crippen LogP contribution < -0.4 is 10.5 Å². The van der Waals surface area contributed by atoms with Gasteiger partial charge in [-0.05, 0) is 13.8 Å². The van der Waals surface area contributed by atoms with E-state index < -0.39 is 10.0 Å². The van der Waals surface area contributed by atoms with Crippen LogP contribution in [0.4, 0.5) is 10.9 Å². The summed E-state index contributed by atoms with van der Waals surface area (Å²) in [5, 5.41) is 4.30. The lowest BCUT2D eigenvalue weighted by molar-refractivity contribution is 0.601. The molecular weight excluding hydrogens is 274 g/mol. The molecule has 0 saturated carbocycles. The average Bonchev–Trinajstić information content (AvgIpc) is 2.70. The smallest absolute Gasteiger partial charge is 0.274 e. The molecule has 9 heteroatoms. The lowest BCUT2D eigenvalue weighted by atomic mass is 10.5. The molecule has 0 aliphatic rings. The number of aromatic nitrogens is 3. The Bertz CT molecular complexity index is 686. The summed E-state index contributed by atoms with van der Waals surface area (Å²) in [6, 6.07) is 1.65. The van der Waals surface area contributed by atoms with Crippen molar-refractivity contribution < 1.29 is 8.42 Å². The van der Waals surface area contributed by atoms with E-state index >= 15 is 0 Å². The van der Waals surface area contributed by atoms with E-state index in [-0.39, 0.29) is 9.34 Å². The van der Waals surface area contributed by atoms with E-state index in [0.717, 1.165) is 17.0 Å². The molecular formula is C9H13N5O2S2. The lowest BCUT2D eigenvalue weighted by Crippen LogP contribution is -2.15. The van der Waals surface area contributed by atoms with Gasteiger partial charge >= 0.3 is 0 Å². The molecule has 0 bridgehead atoms. The van der Waals surface area contributed by atoms with Gasteiger partial charge < -0.3 is 5.73 Å². The zero-order chi connectivity index (χ0) is 13.5. The van der Waals surface area contributed by atoms with Crippen molar-refractivity contribution in [1.29, 1.82) is 0 Å². The van der Waals surface area contributed by atoms with E-state index in [2.05, 4.69) is 14.8 Å². The van der Waals surface area contributed by atoms with E-state index in [0.29, 0.717) is 11.5 Å². The fourth-order valence-electron chi connectivity index (χ4n) is 1.54. The second kappa shape index (κ2) is 4.25. The molecule has 2 rings (SSSR count). The monoisotopic (exact) mass is 287 g/mol. The summed E-state index contributed by atoms with van der Waals surface area (Å²) in [4.78, 5) is 3.90. The predicted molar refractivity (Wildman–Crippen MR) is 70.0 cm³/mol. The number of hydrogen-bond donors (Lipinski definition) is 2. The van der Waals surface area contributed by atoms with E-state index in [1.165, 1.54) is 4.68 Å². The summed E-state index contributed by atoms with van der Waals surface area (Å²) in [5.74, 6) is 0.402. The van der Waals surface area contributed by atoms with Gasteiger partial charge in [0.15, 0.2) is 9.34 Å². The predicted octanol–water partition coefficient (Wildman–Crippen LogP) is 0.876. The molecule has 7 nitrogen and oxygen atoms in total. The van der Waals surface area contributed by atoms with Crippen LogP contribution in [-0.2, 0) is 17.1 Å². The molecule has 0 aliphatic heterocycles. The van der Waals surface area contributed by atoms with Gasteiger partial charge in [0.05, 0.1) is 11.4 Å². The Morgan fingerprint density at radius 1 is 1.44 bits per heavy atom. The number of rotatable bonds is 3. The number of nitrogens with two attached hydrogens (primary N) is 1. The normalized spacial score (nSPS) is 11.7. The van der Waals surface area contributed by atoms with Crippen molar-refractivity contribution in [2.24, 2.45) is 7.05 Å². The van der Waals surface area contributed by atoms with Gasteiger partial charge in [-0.1, -0.05) is 11.3 Å². The fraction of sp³-hybridized carbons (Fsp3) is 0.333. The Hall–Kier alpha value is -1.61. The molecule has 98 valence electrons. The van der Waals surface area contributed by atoms with Crippen molar-refractivity contribution in [3.8, 4) is 0 Å². The zero-order valence-corrected chi connectivity index (χ0v) is 11.8. The average molecular weight is 287 g/mol. The minimum absolute atomic E-state index is 0.124. The second-order valence-corrected chi connectivity index (χ2v) is 6.73. The first-order valence-electron chi connectivity index (χ1n) is 5.06. The van der Waals surface area contributed by atoms with Crippen LogP contribution in [0, 0.1) is 13.8 Å². The Balaban J connectivity index is 2.39. The van der Waals surface area contributed by atoms with Crippen molar-refractivity contribution >= 4 is 32.3 Å². The molecule has 0 radical (unpaired) electrons. The van der Waals surface area contributed by atoms with Crippen LogP contribution in [0.15, 0.2) is 10.3 Å². The molecule has 0 amide bonds. The maximum absolute atomic E-state index is 12.2. The summed E-state index contributed by atoms with van der Waals surface area (Å²) in [5.41, 5.74) is 6.63. The summed E-state index contributed by atoms with van der Waals surface area (Å²) in [7, 11) is -2.00. The zero-order valence-electron chi connectivity index (χ0n) is 10.1. The minimum atomic E-state index is -3.67. The van der Waals surface area contributed by atoms with Crippen LogP contribution in [0.3, 0.4) is 0 Å². The third-order valence-electron chi connectivity index (χ3n) is 2.26. The van der Waals surface area contributed by atoms with E-state index in [1.807, 2.05) is 0 Å². The highest BCUT2D eigenvalue weighted by Gasteiger charge is 2.22. The van der Waals surface area contributed by atoms with E-state index in [1.54, 1.807) is 27.0 Å². The standard InChI is InChI=1S/C9H13N5O2S2/c1-5-4-7(14(3)12-5)13-18(15,16)8-6(2)11-9(10)17-8/h4,13H,1-3H3,(H2,10,11). The van der Waals surface area contributed by atoms with Gasteiger partial charge in [-0.3, -0.25) is 9.40 Å². The van der Waals surface area contributed by atoms with Gasteiger partial charge in [0, 0.05) is 13.1 Å². The number of nitrogens with zero attached hydrogens (tertiary/aromatic N) is 3. The molecule has 0 spiro atoms. The first-order chi connectivity index (χ1) is 8.29. The highest BCUT2D eigenvalue weighted by Crippen LogP contribution is 2.26. The third kappa shape index (κ3) is 2.31. The van der Waals surface area contributed by atoms with Crippen molar-refractivity contribution in [3.63, 3.8) is 0 Å².